The Morgan fingerprint density at radius 1 is 1.25 bits per heavy atom. The first-order valence-corrected chi connectivity index (χ1v) is 9.72. The SMILES string of the molecule is Cc1ncsc1CCNc1c2c(nc3cc(Cl)ccc13)CCCC2. The molecule has 2 heterocycles. The number of nitrogens with zero attached hydrogens (tertiary/aromatic N) is 2. The molecule has 1 aromatic carbocycles. The Bertz CT molecular complexity index is 888. The first-order chi connectivity index (χ1) is 11.7. The van der Waals surface area contributed by atoms with Crippen LogP contribution in [-0.2, 0) is 19.3 Å². The molecule has 1 aliphatic carbocycles. The molecule has 0 aliphatic heterocycles. The molecule has 5 heteroatoms. The van der Waals surface area contributed by atoms with E-state index in [2.05, 4.69) is 23.3 Å². The van der Waals surface area contributed by atoms with Crippen LogP contribution in [0.25, 0.3) is 10.9 Å². The van der Waals surface area contributed by atoms with Crippen molar-refractivity contribution in [1.82, 2.24) is 9.97 Å². The summed E-state index contributed by atoms with van der Waals surface area (Å²) in [5.74, 6) is 0. The summed E-state index contributed by atoms with van der Waals surface area (Å²) in [5.41, 5.74) is 7.98. The molecule has 0 atom stereocenters. The van der Waals surface area contributed by atoms with E-state index in [0.29, 0.717) is 0 Å². The van der Waals surface area contributed by atoms with Gasteiger partial charge in [-0.15, -0.1) is 11.3 Å². The second kappa shape index (κ2) is 6.69. The third kappa shape index (κ3) is 3.01. The second-order valence-electron chi connectivity index (χ2n) is 6.32. The normalized spacial score (nSPS) is 13.9. The smallest absolute Gasteiger partial charge is 0.0797 e. The summed E-state index contributed by atoms with van der Waals surface area (Å²) in [6, 6.07) is 6.03. The molecule has 124 valence electrons. The van der Waals surface area contributed by atoms with Crippen LogP contribution < -0.4 is 5.32 Å². The Balaban J connectivity index is 1.68. The maximum Gasteiger partial charge on any atom is 0.0797 e. The van der Waals surface area contributed by atoms with Crippen molar-refractivity contribution in [3.05, 3.63) is 50.6 Å². The van der Waals surface area contributed by atoms with Crippen LogP contribution in [0.15, 0.2) is 23.7 Å². The van der Waals surface area contributed by atoms with Gasteiger partial charge in [0, 0.05) is 39.6 Å². The number of aryl methyl sites for hydroxylation is 2. The molecule has 0 saturated carbocycles. The molecular formula is C19H20ClN3S. The zero-order valence-corrected chi connectivity index (χ0v) is 15.3. The lowest BCUT2D eigenvalue weighted by Gasteiger charge is -2.21. The first kappa shape index (κ1) is 15.9. The zero-order chi connectivity index (χ0) is 16.5. The van der Waals surface area contributed by atoms with Crippen molar-refractivity contribution in [2.45, 2.75) is 39.0 Å². The number of aromatic nitrogens is 2. The van der Waals surface area contributed by atoms with Crippen LogP contribution in [0, 0.1) is 6.92 Å². The number of hydrogen-bond donors (Lipinski definition) is 1. The van der Waals surface area contributed by atoms with Crippen molar-refractivity contribution < 1.29 is 0 Å². The summed E-state index contributed by atoms with van der Waals surface area (Å²) in [5, 5.41) is 5.63. The summed E-state index contributed by atoms with van der Waals surface area (Å²) in [4.78, 5) is 10.6. The lowest BCUT2D eigenvalue weighted by molar-refractivity contribution is 0.672. The van der Waals surface area contributed by atoms with E-state index in [1.807, 2.05) is 17.6 Å². The van der Waals surface area contributed by atoms with E-state index in [9.17, 15) is 0 Å². The zero-order valence-electron chi connectivity index (χ0n) is 13.7. The third-order valence-corrected chi connectivity index (χ3v) is 5.95. The number of fused-ring (bicyclic) bond motifs is 2. The predicted octanol–water partition coefficient (Wildman–Crippen LogP) is 5.19. The number of nitrogens with one attached hydrogen (secondary N) is 1. The number of hydrogen-bond acceptors (Lipinski definition) is 4. The Labute approximate surface area is 151 Å². The lowest BCUT2D eigenvalue weighted by atomic mass is 9.92. The van der Waals surface area contributed by atoms with Gasteiger partial charge in [0.05, 0.1) is 16.7 Å². The summed E-state index contributed by atoms with van der Waals surface area (Å²) in [6.07, 6.45) is 5.66. The molecule has 0 radical (unpaired) electrons. The maximum atomic E-state index is 6.18. The highest BCUT2D eigenvalue weighted by atomic mass is 35.5. The average molecular weight is 358 g/mol. The number of halogens is 1. The quantitative estimate of drug-likeness (QED) is 0.698. The molecule has 0 amide bonds. The number of pyridine rings is 1. The predicted molar refractivity (Wildman–Crippen MR) is 102 cm³/mol. The van der Waals surface area contributed by atoms with Gasteiger partial charge in [0.2, 0.25) is 0 Å². The van der Waals surface area contributed by atoms with Gasteiger partial charge in [-0.2, -0.15) is 0 Å². The average Bonchev–Trinajstić information content (AvgIpc) is 2.99. The largest absolute Gasteiger partial charge is 0.384 e. The minimum Gasteiger partial charge on any atom is -0.384 e. The summed E-state index contributed by atoms with van der Waals surface area (Å²) >= 11 is 7.92. The molecule has 2 aromatic heterocycles. The van der Waals surface area contributed by atoms with Crippen LogP contribution in [0.5, 0.6) is 0 Å². The summed E-state index contributed by atoms with van der Waals surface area (Å²) in [7, 11) is 0. The first-order valence-electron chi connectivity index (χ1n) is 8.46. The van der Waals surface area contributed by atoms with Gasteiger partial charge in [-0.3, -0.25) is 4.98 Å². The fourth-order valence-corrected chi connectivity index (χ4v) is 4.42. The second-order valence-corrected chi connectivity index (χ2v) is 7.69. The van der Waals surface area contributed by atoms with E-state index in [4.69, 9.17) is 16.6 Å². The molecule has 3 nitrogen and oxygen atoms in total. The molecule has 0 saturated heterocycles. The number of benzene rings is 1. The van der Waals surface area contributed by atoms with Crippen molar-refractivity contribution in [3.63, 3.8) is 0 Å². The van der Waals surface area contributed by atoms with E-state index in [1.54, 1.807) is 11.3 Å². The third-order valence-electron chi connectivity index (χ3n) is 4.72. The van der Waals surface area contributed by atoms with Crippen LogP contribution in [0.1, 0.15) is 34.7 Å². The van der Waals surface area contributed by atoms with Crippen LogP contribution in [-0.4, -0.2) is 16.5 Å². The van der Waals surface area contributed by atoms with Gasteiger partial charge in [-0.05, 0) is 56.4 Å². The molecule has 0 spiro atoms. The van der Waals surface area contributed by atoms with E-state index >= 15 is 0 Å². The highest BCUT2D eigenvalue weighted by Crippen LogP contribution is 2.34. The molecule has 0 bridgehead atoms. The minimum absolute atomic E-state index is 0.747. The topological polar surface area (TPSA) is 37.8 Å². The monoisotopic (exact) mass is 357 g/mol. The Morgan fingerprint density at radius 3 is 2.96 bits per heavy atom. The van der Waals surface area contributed by atoms with Crippen molar-refractivity contribution in [1.29, 1.82) is 0 Å². The number of thiazole rings is 1. The van der Waals surface area contributed by atoms with E-state index in [0.717, 1.165) is 42.0 Å². The van der Waals surface area contributed by atoms with Crippen LogP contribution in [0.2, 0.25) is 5.02 Å². The maximum absolute atomic E-state index is 6.18. The van der Waals surface area contributed by atoms with E-state index < -0.39 is 0 Å². The van der Waals surface area contributed by atoms with Gasteiger partial charge in [-0.1, -0.05) is 11.6 Å². The Morgan fingerprint density at radius 2 is 2.12 bits per heavy atom. The van der Waals surface area contributed by atoms with Crippen LogP contribution in [0.4, 0.5) is 5.69 Å². The Kier molecular flexibility index (Phi) is 4.42. The fraction of sp³-hybridized carbons (Fsp3) is 0.368. The van der Waals surface area contributed by atoms with Gasteiger partial charge in [0.25, 0.3) is 0 Å². The van der Waals surface area contributed by atoms with E-state index in [1.165, 1.54) is 40.0 Å². The van der Waals surface area contributed by atoms with Gasteiger partial charge in [0.1, 0.15) is 0 Å². The molecule has 1 aliphatic rings. The van der Waals surface area contributed by atoms with Crippen LogP contribution >= 0.6 is 22.9 Å². The fourth-order valence-electron chi connectivity index (χ4n) is 3.47. The van der Waals surface area contributed by atoms with Crippen molar-refractivity contribution in [3.8, 4) is 0 Å². The van der Waals surface area contributed by atoms with E-state index in [-0.39, 0.29) is 0 Å². The van der Waals surface area contributed by atoms with Gasteiger partial charge in [-0.25, -0.2) is 4.98 Å². The molecule has 3 aromatic rings. The van der Waals surface area contributed by atoms with Gasteiger partial charge >= 0.3 is 0 Å². The minimum atomic E-state index is 0.747. The van der Waals surface area contributed by atoms with Gasteiger partial charge in [0.15, 0.2) is 0 Å². The van der Waals surface area contributed by atoms with Crippen molar-refractivity contribution >= 4 is 39.5 Å². The van der Waals surface area contributed by atoms with Crippen molar-refractivity contribution in [2.24, 2.45) is 0 Å². The molecular weight excluding hydrogens is 338 g/mol. The molecule has 4 rings (SSSR count). The van der Waals surface area contributed by atoms with Gasteiger partial charge < -0.3 is 5.32 Å². The highest BCUT2D eigenvalue weighted by molar-refractivity contribution is 7.09. The Hall–Kier alpha value is -1.65. The number of anilines is 1. The standard InChI is InChI=1S/C19H20ClN3S/c1-12-18(24-11-22-12)8-9-21-19-14-4-2-3-5-16(14)23-17-10-13(20)6-7-15(17)19/h6-7,10-11H,2-5,8-9H2,1H3,(H,21,23). The molecule has 0 unspecified atom stereocenters. The molecule has 1 N–H and O–H groups in total. The number of rotatable bonds is 4. The van der Waals surface area contributed by atoms with Crippen molar-refractivity contribution in [2.75, 3.05) is 11.9 Å². The van der Waals surface area contributed by atoms with Crippen LogP contribution in [0.3, 0.4) is 0 Å². The molecule has 24 heavy (non-hydrogen) atoms. The summed E-state index contributed by atoms with van der Waals surface area (Å²) < 4.78 is 0. The molecule has 0 fully saturated rings. The lowest BCUT2D eigenvalue weighted by Crippen LogP contribution is -2.13. The summed E-state index contributed by atoms with van der Waals surface area (Å²) in [6.45, 7) is 2.99. The highest BCUT2D eigenvalue weighted by Gasteiger charge is 2.18.